The van der Waals surface area contributed by atoms with Gasteiger partial charge in [0.2, 0.25) is 0 Å². The fourth-order valence-electron chi connectivity index (χ4n) is 1.23. The van der Waals surface area contributed by atoms with Crippen LogP contribution in [-0.4, -0.2) is 42.4 Å². The third-order valence-corrected chi connectivity index (χ3v) is 3.98. The molecule has 0 radical (unpaired) electrons. The van der Waals surface area contributed by atoms with Gasteiger partial charge in [0.1, 0.15) is 0 Å². The Morgan fingerprint density at radius 3 is 2.18 bits per heavy atom. The molecule has 0 aromatic heterocycles. The summed E-state index contributed by atoms with van der Waals surface area (Å²) in [5.41, 5.74) is -0.585. The van der Waals surface area contributed by atoms with Crippen LogP contribution in [0.25, 0.3) is 0 Å². The number of carbonyl (C=O) groups is 1. The Hall–Kier alpha value is -0.660. The van der Waals surface area contributed by atoms with E-state index < -0.39 is 27.6 Å². The highest BCUT2D eigenvalue weighted by molar-refractivity contribution is 7.87. The Kier molecular flexibility index (Phi) is 5.57. The van der Waals surface area contributed by atoms with Crippen LogP contribution in [0.4, 0.5) is 0 Å². The molecule has 102 valence electrons. The van der Waals surface area contributed by atoms with Crippen LogP contribution < -0.4 is 4.72 Å². The summed E-state index contributed by atoms with van der Waals surface area (Å²) in [6.45, 7) is 8.57. The first kappa shape index (κ1) is 16.3. The second-order valence-corrected chi connectivity index (χ2v) is 6.72. The van der Waals surface area contributed by atoms with E-state index in [9.17, 15) is 13.2 Å². The molecule has 0 bridgehead atoms. The topological polar surface area (TPSA) is 86.7 Å². The Bertz CT molecular complexity index is 359. The summed E-state index contributed by atoms with van der Waals surface area (Å²) < 4.78 is 27.5. The number of hydrogen-bond donors (Lipinski definition) is 2. The molecule has 2 N–H and O–H groups in total. The molecule has 0 aliphatic carbocycles. The zero-order chi connectivity index (χ0) is 13.9. The number of nitrogens with one attached hydrogen (secondary N) is 1. The maximum atomic E-state index is 12.0. The van der Waals surface area contributed by atoms with Crippen LogP contribution in [0.15, 0.2) is 0 Å². The molecular formula is C10H22N2O4S. The van der Waals surface area contributed by atoms with Gasteiger partial charge in [0, 0.05) is 18.6 Å². The van der Waals surface area contributed by atoms with Gasteiger partial charge < -0.3 is 5.11 Å². The molecule has 0 aliphatic rings. The highest BCUT2D eigenvalue weighted by Gasteiger charge is 2.28. The van der Waals surface area contributed by atoms with Crippen molar-refractivity contribution in [3.63, 3.8) is 0 Å². The molecule has 0 saturated carbocycles. The first-order valence-electron chi connectivity index (χ1n) is 5.51. The van der Waals surface area contributed by atoms with Crippen molar-refractivity contribution in [1.29, 1.82) is 0 Å². The predicted octanol–water partition coefficient (Wildman–Crippen LogP) is 0.662. The van der Waals surface area contributed by atoms with Crippen molar-refractivity contribution in [1.82, 2.24) is 9.03 Å². The lowest BCUT2D eigenvalue weighted by Gasteiger charge is -2.28. The van der Waals surface area contributed by atoms with Crippen molar-refractivity contribution in [3.05, 3.63) is 0 Å². The van der Waals surface area contributed by atoms with E-state index in [0.29, 0.717) is 0 Å². The maximum absolute atomic E-state index is 12.0. The van der Waals surface area contributed by atoms with E-state index in [1.54, 1.807) is 27.7 Å². The fraction of sp³-hybridized carbons (Fsp3) is 0.900. The number of rotatable bonds is 6. The number of aliphatic carboxylic acids is 1. The molecule has 1 unspecified atom stereocenters. The largest absolute Gasteiger partial charge is 0.481 e. The van der Waals surface area contributed by atoms with Crippen molar-refractivity contribution in [3.8, 4) is 0 Å². The molecule has 7 heteroatoms. The van der Waals surface area contributed by atoms with Gasteiger partial charge in [0.25, 0.3) is 10.2 Å². The van der Waals surface area contributed by atoms with Crippen LogP contribution in [0.1, 0.15) is 34.6 Å². The van der Waals surface area contributed by atoms with Crippen molar-refractivity contribution in [2.24, 2.45) is 5.92 Å². The molecule has 1 atom stereocenters. The molecule has 0 fully saturated rings. The van der Waals surface area contributed by atoms with Gasteiger partial charge in [-0.1, -0.05) is 13.8 Å². The lowest BCUT2D eigenvalue weighted by molar-refractivity contribution is -0.141. The van der Waals surface area contributed by atoms with Crippen LogP contribution in [0, 0.1) is 5.92 Å². The minimum Gasteiger partial charge on any atom is -0.481 e. The molecule has 17 heavy (non-hydrogen) atoms. The Balaban J connectivity index is 4.82. The summed E-state index contributed by atoms with van der Waals surface area (Å²) in [7, 11) is -3.64. The first-order valence-corrected chi connectivity index (χ1v) is 6.95. The monoisotopic (exact) mass is 266 g/mol. The number of nitrogens with zero attached hydrogens (tertiary/aromatic N) is 1. The lowest BCUT2D eigenvalue weighted by Crippen LogP contribution is -2.50. The van der Waals surface area contributed by atoms with Crippen LogP contribution >= 0.6 is 0 Å². The molecule has 0 amide bonds. The van der Waals surface area contributed by atoms with E-state index in [1.165, 1.54) is 6.92 Å². The van der Waals surface area contributed by atoms with E-state index in [-0.39, 0.29) is 13.1 Å². The number of carboxylic acids is 1. The molecular weight excluding hydrogens is 244 g/mol. The molecule has 0 aliphatic heterocycles. The molecule has 0 rings (SSSR count). The predicted molar refractivity (Wildman–Crippen MR) is 65.9 cm³/mol. The van der Waals surface area contributed by atoms with Crippen molar-refractivity contribution in [2.75, 3.05) is 13.1 Å². The summed E-state index contributed by atoms with van der Waals surface area (Å²) in [4.78, 5) is 10.7. The standard InChI is InChI=1S/C10H22N2O4S/c1-6-12(7-8(2)9(13)14)17(15,16)11-10(3,4)5/h8,11H,6-7H2,1-5H3,(H,13,14). The first-order chi connectivity index (χ1) is 7.49. The van der Waals surface area contributed by atoms with Crippen molar-refractivity contribution in [2.45, 2.75) is 40.2 Å². The minimum absolute atomic E-state index is 0.0305. The van der Waals surface area contributed by atoms with E-state index >= 15 is 0 Å². The quantitative estimate of drug-likeness (QED) is 0.739. The van der Waals surface area contributed by atoms with E-state index in [2.05, 4.69) is 4.72 Å². The van der Waals surface area contributed by atoms with Gasteiger partial charge >= 0.3 is 5.97 Å². The van der Waals surface area contributed by atoms with Gasteiger partial charge in [-0.05, 0) is 20.8 Å². The molecule has 0 aromatic carbocycles. The van der Waals surface area contributed by atoms with Gasteiger partial charge in [0.15, 0.2) is 0 Å². The van der Waals surface area contributed by atoms with E-state index in [4.69, 9.17) is 5.11 Å². The second kappa shape index (κ2) is 5.79. The summed E-state index contributed by atoms with van der Waals surface area (Å²) in [5, 5.41) is 8.78. The summed E-state index contributed by atoms with van der Waals surface area (Å²) in [6, 6.07) is 0. The van der Waals surface area contributed by atoms with E-state index in [0.717, 1.165) is 4.31 Å². The normalized spacial score (nSPS) is 14.9. The molecule has 0 heterocycles. The van der Waals surface area contributed by atoms with Gasteiger partial charge in [-0.25, -0.2) is 0 Å². The average molecular weight is 266 g/mol. The molecule has 0 aromatic rings. The van der Waals surface area contributed by atoms with Crippen LogP contribution in [0.5, 0.6) is 0 Å². The second-order valence-electron chi connectivity index (χ2n) is 5.05. The van der Waals surface area contributed by atoms with Crippen LogP contribution in [0.3, 0.4) is 0 Å². The van der Waals surface area contributed by atoms with E-state index in [1.807, 2.05) is 0 Å². The molecule has 0 spiro atoms. The Morgan fingerprint density at radius 2 is 1.88 bits per heavy atom. The van der Waals surface area contributed by atoms with Crippen molar-refractivity contribution < 1.29 is 18.3 Å². The third kappa shape index (κ3) is 5.99. The molecule has 6 nitrogen and oxygen atoms in total. The SMILES string of the molecule is CCN(CC(C)C(=O)O)S(=O)(=O)NC(C)(C)C. The minimum atomic E-state index is -3.64. The fourth-order valence-corrected chi connectivity index (χ4v) is 2.89. The highest BCUT2D eigenvalue weighted by atomic mass is 32.2. The van der Waals surface area contributed by atoms with Gasteiger partial charge in [0.05, 0.1) is 5.92 Å². The summed E-state index contributed by atoms with van der Waals surface area (Å²) >= 11 is 0. The van der Waals surface area contributed by atoms with Crippen molar-refractivity contribution >= 4 is 16.2 Å². The Morgan fingerprint density at radius 1 is 1.41 bits per heavy atom. The van der Waals surface area contributed by atoms with Crippen LogP contribution in [-0.2, 0) is 15.0 Å². The number of carboxylic acid groups (broad SMARTS) is 1. The average Bonchev–Trinajstić information content (AvgIpc) is 2.08. The smallest absolute Gasteiger partial charge is 0.307 e. The third-order valence-electron chi connectivity index (χ3n) is 2.03. The summed E-state index contributed by atoms with van der Waals surface area (Å²) in [6.07, 6.45) is 0. The van der Waals surface area contributed by atoms with Gasteiger partial charge in [-0.2, -0.15) is 17.4 Å². The van der Waals surface area contributed by atoms with Gasteiger partial charge in [-0.15, -0.1) is 0 Å². The lowest BCUT2D eigenvalue weighted by atomic mass is 10.1. The zero-order valence-electron chi connectivity index (χ0n) is 11.0. The zero-order valence-corrected chi connectivity index (χ0v) is 11.8. The maximum Gasteiger partial charge on any atom is 0.307 e. The summed E-state index contributed by atoms with van der Waals surface area (Å²) in [5.74, 6) is -1.74. The molecule has 0 saturated heterocycles. The highest BCUT2D eigenvalue weighted by Crippen LogP contribution is 2.09. The van der Waals surface area contributed by atoms with Crippen LogP contribution in [0.2, 0.25) is 0 Å². The number of hydrogen-bond acceptors (Lipinski definition) is 3. The Labute approximate surface area is 103 Å². The van der Waals surface area contributed by atoms with Gasteiger partial charge in [-0.3, -0.25) is 4.79 Å².